The lowest BCUT2D eigenvalue weighted by molar-refractivity contribution is -0.146. The van der Waals surface area contributed by atoms with E-state index in [0.717, 1.165) is 11.1 Å². The van der Waals surface area contributed by atoms with Crippen LogP contribution in [0.25, 0.3) is 0 Å². The van der Waals surface area contributed by atoms with E-state index >= 15 is 0 Å². The molecule has 0 amide bonds. The molecule has 0 bridgehead atoms. The smallest absolute Gasteiger partial charge is 0.323 e. The Morgan fingerprint density at radius 1 is 1.04 bits per heavy atom. The van der Waals surface area contributed by atoms with Crippen molar-refractivity contribution in [2.24, 2.45) is 5.73 Å². The zero-order chi connectivity index (χ0) is 17.5. The lowest BCUT2D eigenvalue weighted by Crippen LogP contribution is -2.34. The van der Waals surface area contributed by atoms with E-state index in [-0.39, 0.29) is 6.61 Å². The summed E-state index contributed by atoms with van der Waals surface area (Å²) in [6, 6.07) is 18.7. The van der Waals surface area contributed by atoms with Crippen LogP contribution in [-0.2, 0) is 29.1 Å². The largest absolute Gasteiger partial charge is 0.460 e. The van der Waals surface area contributed by atoms with Gasteiger partial charge in [-0.2, -0.15) is 0 Å². The summed E-state index contributed by atoms with van der Waals surface area (Å²) >= 11 is 0. The Bertz CT molecular complexity index is 803. The lowest BCUT2D eigenvalue weighted by Gasteiger charge is -2.10. The molecule has 6 nitrogen and oxygen atoms in total. The first kappa shape index (κ1) is 16.9. The van der Waals surface area contributed by atoms with E-state index in [1.54, 1.807) is 10.9 Å². The third-order valence-corrected chi connectivity index (χ3v) is 3.73. The van der Waals surface area contributed by atoms with Crippen molar-refractivity contribution in [3.05, 3.63) is 83.7 Å². The summed E-state index contributed by atoms with van der Waals surface area (Å²) < 4.78 is 6.97. The summed E-state index contributed by atoms with van der Waals surface area (Å²) in [5.41, 5.74) is 8.65. The molecule has 1 aromatic heterocycles. The van der Waals surface area contributed by atoms with E-state index in [4.69, 9.17) is 10.5 Å². The van der Waals surface area contributed by atoms with Crippen LogP contribution in [0.2, 0.25) is 0 Å². The molecule has 0 saturated carbocycles. The predicted octanol–water partition coefficient (Wildman–Crippen LogP) is 1.94. The molecule has 1 atom stereocenters. The van der Waals surface area contributed by atoms with Crippen molar-refractivity contribution >= 4 is 5.97 Å². The number of hydrogen-bond acceptors (Lipinski definition) is 5. The Labute approximate surface area is 146 Å². The standard InChI is InChI=1S/C19H20N4O2/c20-18(19(24)25-14-16-9-5-2-6-10-16)11-17-13-23(22-21-17)12-15-7-3-1-4-8-15/h1-10,13,18H,11-12,14,20H2/t18-/m0/s1. The van der Waals surface area contributed by atoms with E-state index < -0.39 is 12.0 Å². The van der Waals surface area contributed by atoms with Gasteiger partial charge in [-0.3, -0.25) is 4.79 Å². The molecule has 0 fully saturated rings. The van der Waals surface area contributed by atoms with Gasteiger partial charge in [-0.1, -0.05) is 65.9 Å². The van der Waals surface area contributed by atoms with Gasteiger partial charge in [0.1, 0.15) is 12.6 Å². The lowest BCUT2D eigenvalue weighted by atomic mass is 10.2. The molecule has 0 radical (unpaired) electrons. The summed E-state index contributed by atoms with van der Waals surface area (Å²) in [5, 5.41) is 8.15. The zero-order valence-electron chi connectivity index (χ0n) is 13.8. The average Bonchev–Trinajstić information content (AvgIpc) is 3.08. The van der Waals surface area contributed by atoms with Crippen molar-refractivity contribution in [1.82, 2.24) is 15.0 Å². The third-order valence-electron chi connectivity index (χ3n) is 3.73. The average molecular weight is 336 g/mol. The summed E-state index contributed by atoms with van der Waals surface area (Å²) in [5.74, 6) is -0.443. The summed E-state index contributed by atoms with van der Waals surface area (Å²) in [6.07, 6.45) is 2.10. The highest BCUT2D eigenvalue weighted by atomic mass is 16.5. The quantitative estimate of drug-likeness (QED) is 0.667. The van der Waals surface area contributed by atoms with Crippen molar-refractivity contribution < 1.29 is 9.53 Å². The fourth-order valence-corrected chi connectivity index (χ4v) is 2.42. The molecule has 6 heteroatoms. The van der Waals surface area contributed by atoms with Crippen LogP contribution in [0.3, 0.4) is 0 Å². The molecule has 0 aliphatic heterocycles. The van der Waals surface area contributed by atoms with Crippen molar-refractivity contribution in [3.63, 3.8) is 0 Å². The van der Waals surface area contributed by atoms with E-state index in [1.165, 1.54) is 0 Å². The van der Waals surface area contributed by atoms with Gasteiger partial charge < -0.3 is 10.5 Å². The second-order valence-electron chi connectivity index (χ2n) is 5.80. The fourth-order valence-electron chi connectivity index (χ4n) is 2.42. The van der Waals surface area contributed by atoms with Crippen molar-refractivity contribution in [3.8, 4) is 0 Å². The first-order valence-electron chi connectivity index (χ1n) is 8.10. The number of rotatable bonds is 7. The molecule has 128 valence electrons. The van der Waals surface area contributed by atoms with E-state index in [2.05, 4.69) is 10.3 Å². The van der Waals surface area contributed by atoms with Crippen LogP contribution < -0.4 is 5.73 Å². The Morgan fingerprint density at radius 3 is 2.36 bits per heavy atom. The summed E-state index contributed by atoms with van der Waals surface area (Å²) in [6.45, 7) is 0.843. The molecule has 0 saturated heterocycles. The van der Waals surface area contributed by atoms with Crippen LogP contribution in [0.15, 0.2) is 66.9 Å². The van der Waals surface area contributed by atoms with Crippen LogP contribution >= 0.6 is 0 Å². The molecule has 3 rings (SSSR count). The highest BCUT2D eigenvalue weighted by Gasteiger charge is 2.17. The second-order valence-corrected chi connectivity index (χ2v) is 5.80. The molecule has 3 aromatic rings. The zero-order valence-corrected chi connectivity index (χ0v) is 13.8. The fraction of sp³-hybridized carbons (Fsp3) is 0.211. The third kappa shape index (κ3) is 4.99. The van der Waals surface area contributed by atoms with Crippen LogP contribution in [0.1, 0.15) is 16.8 Å². The topological polar surface area (TPSA) is 83.0 Å². The SMILES string of the molecule is N[C@@H](Cc1cn(Cc2ccccc2)nn1)C(=O)OCc1ccccc1. The number of ether oxygens (including phenoxy) is 1. The number of carbonyl (C=O) groups excluding carboxylic acids is 1. The van der Waals surface area contributed by atoms with E-state index in [9.17, 15) is 4.79 Å². The van der Waals surface area contributed by atoms with Gasteiger partial charge in [0.25, 0.3) is 0 Å². The number of nitrogens with two attached hydrogens (primary N) is 1. The summed E-state index contributed by atoms with van der Waals surface area (Å²) in [4.78, 5) is 12.0. The Morgan fingerprint density at radius 2 is 1.68 bits per heavy atom. The van der Waals surface area contributed by atoms with E-state index in [1.807, 2.05) is 60.7 Å². The molecule has 0 unspecified atom stereocenters. The normalized spacial score (nSPS) is 11.9. The number of hydrogen-bond donors (Lipinski definition) is 1. The maximum atomic E-state index is 12.0. The van der Waals surface area contributed by atoms with Gasteiger partial charge in [-0.05, 0) is 11.1 Å². The maximum Gasteiger partial charge on any atom is 0.323 e. The van der Waals surface area contributed by atoms with Gasteiger partial charge in [-0.15, -0.1) is 5.10 Å². The number of benzene rings is 2. The second kappa shape index (κ2) is 8.21. The molecule has 2 aromatic carbocycles. The van der Waals surface area contributed by atoms with Crippen LogP contribution in [-0.4, -0.2) is 27.0 Å². The number of carbonyl (C=O) groups is 1. The molecule has 0 aliphatic carbocycles. The van der Waals surface area contributed by atoms with Crippen molar-refractivity contribution in [2.75, 3.05) is 0 Å². The molecular weight excluding hydrogens is 316 g/mol. The van der Waals surface area contributed by atoms with Gasteiger partial charge >= 0.3 is 5.97 Å². The molecule has 25 heavy (non-hydrogen) atoms. The number of nitrogens with zero attached hydrogens (tertiary/aromatic N) is 3. The minimum Gasteiger partial charge on any atom is -0.460 e. The maximum absolute atomic E-state index is 12.0. The van der Waals surface area contributed by atoms with Crippen LogP contribution in [0.5, 0.6) is 0 Å². The first-order chi connectivity index (χ1) is 12.2. The van der Waals surface area contributed by atoms with Gasteiger partial charge in [0.15, 0.2) is 0 Å². The minimum atomic E-state index is -0.759. The van der Waals surface area contributed by atoms with Gasteiger partial charge in [-0.25, -0.2) is 4.68 Å². The first-order valence-corrected chi connectivity index (χ1v) is 8.10. The van der Waals surface area contributed by atoms with E-state index in [0.29, 0.717) is 18.7 Å². The molecule has 2 N–H and O–H groups in total. The summed E-state index contributed by atoms with van der Waals surface area (Å²) in [7, 11) is 0. The molecular formula is C19H20N4O2. The Kier molecular flexibility index (Phi) is 5.53. The molecule has 0 aliphatic rings. The van der Waals surface area contributed by atoms with Crippen LogP contribution in [0, 0.1) is 0 Å². The molecule has 1 heterocycles. The van der Waals surface area contributed by atoms with Gasteiger partial charge in [0, 0.05) is 12.6 Å². The van der Waals surface area contributed by atoms with Crippen molar-refractivity contribution in [2.45, 2.75) is 25.6 Å². The minimum absolute atomic E-state index is 0.216. The number of aromatic nitrogens is 3. The van der Waals surface area contributed by atoms with Gasteiger partial charge in [0.2, 0.25) is 0 Å². The molecule has 0 spiro atoms. The highest BCUT2D eigenvalue weighted by Crippen LogP contribution is 2.06. The van der Waals surface area contributed by atoms with Crippen molar-refractivity contribution in [1.29, 1.82) is 0 Å². The predicted molar refractivity (Wildman–Crippen MR) is 93.5 cm³/mol. The highest BCUT2D eigenvalue weighted by molar-refractivity contribution is 5.75. The van der Waals surface area contributed by atoms with Crippen LogP contribution in [0.4, 0.5) is 0 Å². The van der Waals surface area contributed by atoms with Gasteiger partial charge in [0.05, 0.1) is 12.2 Å². The Balaban J connectivity index is 1.50. The Hall–Kier alpha value is -2.99. The monoisotopic (exact) mass is 336 g/mol. The number of esters is 1.